The number of fused-ring (bicyclic) bond motifs is 1. The highest BCUT2D eigenvalue weighted by molar-refractivity contribution is 5.77. The predicted octanol–water partition coefficient (Wildman–Crippen LogP) is 1.97. The van der Waals surface area contributed by atoms with Crippen LogP contribution in [0.15, 0.2) is 24.3 Å². The summed E-state index contributed by atoms with van der Waals surface area (Å²) >= 11 is 0. The topological polar surface area (TPSA) is 56.8 Å². The average molecular weight is 277 g/mol. The van der Waals surface area contributed by atoms with Crippen LogP contribution in [-0.4, -0.2) is 37.9 Å². The third kappa shape index (κ3) is 3.04. The van der Waals surface area contributed by atoms with Crippen LogP contribution in [0.2, 0.25) is 0 Å². The van der Waals surface area contributed by atoms with Crippen molar-refractivity contribution in [1.82, 2.24) is 0 Å². The first-order valence-electron chi connectivity index (χ1n) is 7.11. The van der Waals surface area contributed by atoms with E-state index in [0.717, 1.165) is 31.6 Å². The SMILES string of the molecule is O=C(OCC1CCCCO1)C1CNc2ccccc2O1. The van der Waals surface area contributed by atoms with E-state index in [0.29, 0.717) is 18.9 Å². The number of hydrogen-bond donors (Lipinski definition) is 1. The van der Waals surface area contributed by atoms with Crippen LogP contribution in [0, 0.1) is 0 Å². The molecule has 0 spiro atoms. The minimum atomic E-state index is -0.589. The van der Waals surface area contributed by atoms with E-state index in [4.69, 9.17) is 14.2 Å². The molecule has 0 bridgehead atoms. The van der Waals surface area contributed by atoms with Gasteiger partial charge in [-0.15, -0.1) is 0 Å². The molecule has 20 heavy (non-hydrogen) atoms. The Balaban J connectivity index is 1.51. The summed E-state index contributed by atoms with van der Waals surface area (Å²) < 4.78 is 16.5. The lowest BCUT2D eigenvalue weighted by atomic mass is 10.1. The lowest BCUT2D eigenvalue weighted by Gasteiger charge is -2.27. The number of anilines is 1. The summed E-state index contributed by atoms with van der Waals surface area (Å²) in [5.74, 6) is 0.357. The number of carbonyl (C=O) groups is 1. The molecule has 0 aromatic heterocycles. The summed E-state index contributed by atoms with van der Waals surface area (Å²) in [4.78, 5) is 12.0. The highest BCUT2D eigenvalue weighted by atomic mass is 16.6. The van der Waals surface area contributed by atoms with Gasteiger partial charge in [0.1, 0.15) is 12.4 Å². The van der Waals surface area contributed by atoms with Gasteiger partial charge in [0.25, 0.3) is 0 Å². The second-order valence-electron chi connectivity index (χ2n) is 5.10. The maximum atomic E-state index is 12.0. The molecule has 0 saturated carbocycles. The molecule has 2 aliphatic heterocycles. The van der Waals surface area contributed by atoms with E-state index < -0.39 is 6.10 Å². The maximum absolute atomic E-state index is 12.0. The molecule has 1 fully saturated rings. The number of rotatable bonds is 3. The van der Waals surface area contributed by atoms with Gasteiger partial charge in [0.15, 0.2) is 0 Å². The molecule has 1 N–H and O–H groups in total. The Hall–Kier alpha value is -1.75. The minimum Gasteiger partial charge on any atom is -0.475 e. The lowest BCUT2D eigenvalue weighted by molar-refractivity contribution is -0.156. The molecule has 108 valence electrons. The zero-order valence-corrected chi connectivity index (χ0v) is 11.3. The van der Waals surface area contributed by atoms with Crippen molar-refractivity contribution in [2.45, 2.75) is 31.5 Å². The average Bonchev–Trinajstić information content (AvgIpc) is 2.53. The number of carbonyl (C=O) groups excluding carboxylic acids is 1. The normalized spacial score (nSPS) is 25.0. The second-order valence-corrected chi connectivity index (χ2v) is 5.10. The second kappa shape index (κ2) is 6.13. The molecule has 1 saturated heterocycles. The Morgan fingerprint density at radius 2 is 2.25 bits per heavy atom. The van der Waals surface area contributed by atoms with Crippen LogP contribution in [0.1, 0.15) is 19.3 Å². The quantitative estimate of drug-likeness (QED) is 0.856. The molecule has 5 heteroatoms. The molecule has 5 nitrogen and oxygen atoms in total. The molecular weight excluding hydrogens is 258 g/mol. The van der Waals surface area contributed by atoms with Gasteiger partial charge in [-0.3, -0.25) is 0 Å². The molecule has 3 rings (SSSR count). The fourth-order valence-corrected chi connectivity index (χ4v) is 2.45. The van der Waals surface area contributed by atoms with Gasteiger partial charge < -0.3 is 19.5 Å². The van der Waals surface area contributed by atoms with Crippen molar-refractivity contribution in [3.05, 3.63) is 24.3 Å². The smallest absolute Gasteiger partial charge is 0.349 e. The largest absolute Gasteiger partial charge is 0.475 e. The van der Waals surface area contributed by atoms with Gasteiger partial charge in [-0.05, 0) is 31.4 Å². The summed E-state index contributed by atoms with van der Waals surface area (Å²) in [7, 11) is 0. The van der Waals surface area contributed by atoms with Crippen LogP contribution in [-0.2, 0) is 14.3 Å². The maximum Gasteiger partial charge on any atom is 0.349 e. The van der Waals surface area contributed by atoms with E-state index in [1.54, 1.807) is 0 Å². The Labute approximate surface area is 118 Å². The first-order valence-corrected chi connectivity index (χ1v) is 7.11. The third-order valence-electron chi connectivity index (χ3n) is 3.58. The summed E-state index contributed by atoms with van der Waals surface area (Å²) in [6.07, 6.45) is 2.64. The number of esters is 1. The van der Waals surface area contributed by atoms with Gasteiger partial charge >= 0.3 is 5.97 Å². The third-order valence-corrected chi connectivity index (χ3v) is 3.58. The Morgan fingerprint density at radius 1 is 1.35 bits per heavy atom. The molecule has 0 aliphatic carbocycles. The molecule has 2 aliphatic rings. The molecular formula is C15H19NO4. The molecule has 2 heterocycles. The molecule has 1 aromatic rings. The Morgan fingerprint density at radius 3 is 3.10 bits per heavy atom. The van der Waals surface area contributed by atoms with Gasteiger partial charge in [0.2, 0.25) is 6.10 Å². The first kappa shape index (κ1) is 13.2. The first-order chi connectivity index (χ1) is 9.83. The van der Waals surface area contributed by atoms with Gasteiger partial charge in [0.05, 0.1) is 18.3 Å². The fraction of sp³-hybridized carbons (Fsp3) is 0.533. The van der Waals surface area contributed by atoms with Crippen molar-refractivity contribution >= 4 is 11.7 Å². The fourth-order valence-electron chi connectivity index (χ4n) is 2.45. The van der Waals surface area contributed by atoms with Crippen molar-refractivity contribution in [3.8, 4) is 5.75 Å². The highest BCUT2D eigenvalue weighted by Crippen LogP contribution is 2.28. The van der Waals surface area contributed by atoms with Crippen molar-refractivity contribution in [3.63, 3.8) is 0 Å². The molecule has 1 aromatic carbocycles. The van der Waals surface area contributed by atoms with E-state index in [1.165, 1.54) is 0 Å². The number of benzene rings is 1. The van der Waals surface area contributed by atoms with Crippen LogP contribution < -0.4 is 10.1 Å². The summed E-state index contributed by atoms with van der Waals surface area (Å²) in [6, 6.07) is 7.57. The molecule has 0 radical (unpaired) electrons. The van der Waals surface area contributed by atoms with Crippen LogP contribution >= 0.6 is 0 Å². The molecule has 0 amide bonds. The molecule has 2 atom stereocenters. The van der Waals surface area contributed by atoms with E-state index in [2.05, 4.69) is 5.32 Å². The Bertz CT molecular complexity index is 471. The van der Waals surface area contributed by atoms with Gasteiger partial charge in [-0.2, -0.15) is 0 Å². The number of nitrogens with one attached hydrogen (secondary N) is 1. The zero-order valence-electron chi connectivity index (χ0n) is 11.3. The van der Waals surface area contributed by atoms with E-state index in [1.807, 2.05) is 24.3 Å². The number of para-hydroxylation sites is 2. The monoisotopic (exact) mass is 277 g/mol. The standard InChI is InChI=1S/C15H19NO4/c17-15(19-10-11-5-3-4-8-18-11)14-9-16-12-6-1-2-7-13(12)20-14/h1-2,6-7,11,14,16H,3-5,8-10H2. The van der Waals surface area contributed by atoms with Crippen molar-refractivity contribution in [2.24, 2.45) is 0 Å². The van der Waals surface area contributed by atoms with E-state index >= 15 is 0 Å². The Kier molecular flexibility index (Phi) is 4.06. The summed E-state index contributed by atoms with van der Waals surface area (Å²) in [5, 5.41) is 3.17. The summed E-state index contributed by atoms with van der Waals surface area (Å²) in [6.45, 7) is 1.51. The van der Waals surface area contributed by atoms with Crippen LogP contribution in [0.5, 0.6) is 5.75 Å². The van der Waals surface area contributed by atoms with E-state index in [-0.39, 0.29) is 12.1 Å². The van der Waals surface area contributed by atoms with Gasteiger partial charge in [0, 0.05) is 6.61 Å². The molecule has 2 unspecified atom stereocenters. The van der Waals surface area contributed by atoms with Crippen LogP contribution in [0.4, 0.5) is 5.69 Å². The van der Waals surface area contributed by atoms with Crippen molar-refractivity contribution in [1.29, 1.82) is 0 Å². The highest BCUT2D eigenvalue weighted by Gasteiger charge is 2.28. The number of hydrogen-bond acceptors (Lipinski definition) is 5. The summed E-state index contributed by atoms with van der Waals surface area (Å²) in [5.41, 5.74) is 0.909. The van der Waals surface area contributed by atoms with Crippen molar-refractivity contribution < 1.29 is 19.0 Å². The zero-order chi connectivity index (χ0) is 13.8. The predicted molar refractivity (Wildman–Crippen MR) is 73.9 cm³/mol. The van der Waals surface area contributed by atoms with Crippen LogP contribution in [0.25, 0.3) is 0 Å². The number of ether oxygens (including phenoxy) is 3. The lowest BCUT2D eigenvalue weighted by Crippen LogP contribution is -2.40. The van der Waals surface area contributed by atoms with Crippen LogP contribution in [0.3, 0.4) is 0 Å². The van der Waals surface area contributed by atoms with Gasteiger partial charge in [-0.1, -0.05) is 12.1 Å². The van der Waals surface area contributed by atoms with Gasteiger partial charge in [-0.25, -0.2) is 4.79 Å². The van der Waals surface area contributed by atoms with E-state index in [9.17, 15) is 4.79 Å². The minimum absolute atomic E-state index is 0.0385. The van der Waals surface area contributed by atoms with Crippen molar-refractivity contribution in [2.75, 3.05) is 25.1 Å².